The number of benzene rings is 3. The van der Waals surface area contributed by atoms with Crippen LogP contribution in [0.1, 0.15) is 18.5 Å². The predicted molar refractivity (Wildman–Crippen MR) is 127 cm³/mol. The van der Waals surface area contributed by atoms with E-state index in [2.05, 4.69) is 5.32 Å². The largest absolute Gasteiger partial charge is 0.494 e. The summed E-state index contributed by atoms with van der Waals surface area (Å²) >= 11 is 7.33. The van der Waals surface area contributed by atoms with Crippen LogP contribution in [0.2, 0.25) is 5.02 Å². The third kappa shape index (κ3) is 3.55. The molecule has 0 fully saturated rings. The van der Waals surface area contributed by atoms with Crippen molar-refractivity contribution in [1.29, 1.82) is 0 Å². The minimum absolute atomic E-state index is 0.327. The first-order valence-electron chi connectivity index (χ1n) is 10.2. The van der Waals surface area contributed by atoms with Gasteiger partial charge in [0.25, 0.3) is 11.8 Å². The second-order valence-electron chi connectivity index (χ2n) is 7.34. The number of hydrogen-bond donors (Lipinski definition) is 1. The van der Waals surface area contributed by atoms with E-state index in [4.69, 9.17) is 16.3 Å². The number of fused-ring (bicyclic) bond motifs is 1. The van der Waals surface area contributed by atoms with Gasteiger partial charge in [-0.2, -0.15) is 0 Å². The van der Waals surface area contributed by atoms with Gasteiger partial charge >= 0.3 is 0 Å². The molecule has 5 nitrogen and oxygen atoms in total. The van der Waals surface area contributed by atoms with Crippen LogP contribution in [0.15, 0.2) is 88.2 Å². The van der Waals surface area contributed by atoms with E-state index in [0.717, 1.165) is 21.9 Å². The number of thioether (sulfide) groups is 1. The van der Waals surface area contributed by atoms with Gasteiger partial charge in [-0.05, 0) is 61.0 Å². The highest BCUT2D eigenvalue weighted by atomic mass is 35.5. The topological polar surface area (TPSA) is 58.6 Å². The Morgan fingerprint density at radius 2 is 1.69 bits per heavy atom. The molecule has 160 valence electrons. The number of ether oxygens (including phenoxy) is 1. The molecule has 0 saturated heterocycles. The molecule has 0 aliphatic carbocycles. The van der Waals surface area contributed by atoms with Crippen molar-refractivity contribution in [3.05, 3.63) is 93.9 Å². The van der Waals surface area contributed by atoms with Gasteiger partial charge in [0.1, 0.15) is 5.75 Å². The minimum atomic E-state index is -0.481. The molecule has 1 unspecified atom stereocenters. The van der Waals surface area contributed by atoms with Crippen molar-refractivity contribution in [2.75, 3.05) is 16.8 Å². The minimum Gasteiger partial charge on any atom is -0.494 e. The molecule has 3 aromatic carbocycles. The van der Waals surface area contributed by atoms with Crippen molar-refractivity contribution >= 4 is 46.6 Å². The fraction of sp³-hybridized carbons (Fsp3) is 0.120. The molecule has 32 heavy (non-hydrogen) atoms. The Morgan fingerprint density at radius 1 is 0.969 bits per heavy atom. The molecule has 5 rings (SSSR count). The molecular weight excluding hydrogens is 444 g/mol. The van der Waals surface area contributed by atoms with Gasteiger partial charge in [0, 0.05) is 15.6 Å². The first-order valence-corrected chi connectivity index (χ1v) is 11.4. The molecule has 2 aliphatic heterocycles. The van der Waals surface area contributed by atoms with Crippen LogP contribution in [0, 0.1) is 0 Å². The number of amides is 2. The first-order chi connectivity index (χ1) is 15.6. The average Bonchev–Trinajstić information content (AvgIpc) is 2.95. The Balaban J connectivity index is 1.61. The van der Waals surface area contributed by atoms with Crippen LogP contribution in [-0.2, 0) is 9.59 Å². The lowest BCUT2D eigenvalue weighted by Gasteiger charge is -2.23. The van der Waals surface area contributed by atoms with Crippen LogP contribution in [0.3, 0.4) is 0 Å². The van der Waals surface area contributed by atoms with Gasteiger partial charge in [0.15, 0.2) is 0 Å². The third-order valence-corrected chi connectivity index (χ3v) is 6.80. The summed E-state index contributed by atoms with van der Waals surface area (Å²) in [5.74, 6) is 0.0937. The number of nitrogens with zero attached hydrogens (tertiary/aromatic N) is 1. The van der Waals surface area contributed by atoms with Crippen LogP contribution in [0.25, 0.3) is 0 Å². The summed E-state index contributed by atoms with van der Waals surface area (Å²) in [6.07, 6.45) is 0. The van der Waals surface area contributed by atoms with Gasteiger partial charge in [-0.1, -0.05) is 47.6 Å². The third-order valence-electron chi connectivity index (χ3n) is 5.37. The quantitative estimate of drug-likeness (QED) is 0.495. The zero-order valence-corrected chi connectivity index (χ0v) is 18.7. The highest BCUT2D eigenvalue weighted by Gasteiger charge is 2.45. The molecular formula is C25H19ClN2O3S. The highest BCUT2D eigenvalue weighted by molar-refractivity contribution is 8.04. The van der Waals surface area contributed by atoms with Crippen molar-refractivity contribution < 1.29 is 14.3 Å². The normalized spacial score (nSPS) is 17.6. The summed E-state index contributed by atoms with van der Waals surface area (Å²) < 4.78 is 5.56. The molecule has 1 atom stereocenters. The molecule has 1 N–H and O–H groups in total. The van der Waals surface area contributed by atoms with E-state index in [1.54, 1.807) is 24.3 Å². The molecule has 0 aromatic heterocycles. The Labute approximate surface area is 195 Å². The Morgan fingerprint density at radius 3 is 2.41 bits per heavy atom. The fourth-order valence-corrected chi connectivity index (χ4v) is 5.11. The predicted octanol–water partition coefficient (Wildman–Crippen LogP) is 5.83. The van der Waals surface area contributed by atoms with Crippen molar-refractivity contribution in [2.24, 2.45) is 0 Å². The van der Waals surface area contributed by atoms with Gasteiger partial charge in [-0.25, -0.2) is 4.90 Å². The van der Waals surface area contributed by atoms with E-state index in [1.165, 1.54) is 16.7 Å². The van der Waals surface area contributed by atoms with E-state index in [1.807, 2.05) is 55.5 Å². The first kappa shape index (κ1) is 20.7. The van der Waals surface area contributed by atoms with E-state index in [9.17, 15) is 9.59 Å². The molecule has 0 radical (unpaired) electrons. The lowest BCUT2D eigenvalue weighted by molar-refractivity contribution is -0.120. The number of hydrogen-bond acceptors (Lipinski definition) is 5. The van der Waals surface area contributed by atoms with Crippen LogP contribution in [0.4, 0.5) is 11.4 Å². The van der Waals surface area contributed by atoms with E-state index in [0.29, 0.717) is 27.8 Å². The van der Waals surface area contributed by atoms with Gasteiger partial charge in [0.05, 0.1) is 28.8 Å². The molecule has 0 spiro atoms. The monoisotopic (exact) mass is 462 g/mol. The smallest absolute Gasteiger partial charge is 0.272 e. The summed E-state index contributed by atoms with van der Waals surface area (Å²) in [4.78, 5) is 29.6. The maximum Gasteiger partial charge on any atom is 0.272 e. The number of para-hydroxylation sites is 1. The zero-order chi connectivity index (χ0) is 22.2. The number of nitrogens with one attached hydrogen (secondary N) is 1. The molecule has 0 saturated carbocycles. The standard InChI is InChI=1S/C25H19ClN2O3S/c1-2-31-18-13-7-15(8-14-18)22-21-23(32-20-6-4-3-5-19(20)27-22)25(30)28(24(21)29)17-11-9-16(26)10-12-17/h3-14,22,27H,2H2,1H3. The molecule has 7 heteroatoms. The number of carbonyl (C=O) groups is 2. The number of rotatable bonds is 4. The summed E-state index contributed by atoms with van der Waals surface area (Å²) in [6.45, 7) is 2.50. The molecule has 3 aromatic rings. The SMILES string of the molecule is CCOc1ccc(C2Nc3ccccc3SC3=C2C(=O)N(c2ccc(Cl)cc2)C3=O)cc1. The van der Waals surface area contributed by atoms with Crippen molar-refractivity contribution in [3.8, 4) is 5.75 Å². The van der Waals surface area contributed by atoms with Gasteiger partial charge in [0.2, 0.25) is 0 Å². The van der Waals surface area contributed by atoms with E-state index >= 15 is 0 Å². The van der Waals surface area contributed by atoms with Crippen molar-refractivity contribution in [1.82, 2.24) is 0 Å². The molecule has 2 amide bonds. The van der Waals surface area contributed by atoms with Crippen LogP contribution in [-0.4, -0.2) is 18.4 Å². The fourth-order valence-electron chi connectivity index (χ4n) is 3.89. The second-order valence-corrected chi connectivity index (χ2v) is 8.83. The van der Waals surface area contributed by atoms with E-state index < -0.39 is 6.04 Å². The molecule has 2 aliphatic rings. The average molecular weight is 463 g/mol. The lowest BCUT2D eigenvalue weighted by atomic mass is 9.98. The maximum atomic E-state index is 13.6. The van der Waals surface area contributed by atoms with Crippen LogP contribution in [0.5, 0.6) is 5.75 Å². The van der Waals surface area contributed by atoms with E-state index in [-0.39, 0.29) is 11.8 Å². The van der Waals surface area contributed by atoms with Gasteiger partial charge in [-0.15, -0.1) is 0 Å². The lowest BCUT2D eigenvalue weighted by Crippen LogP contribution is -2.33. The summed E-state index contributed by atoms with van der Waals surface area (Å²) in [7, 11) is 0. The Kier molecular flexibility index (Phi) is 5.41. The Hall–Kier alpha value is -3.22. The van der Waals surface area contributed by atoms with Gasteiger partial charge < -0.3 is 10.1 Å². The number of imide groups is 1. The summed E-state index contributed by atoms with van der Waals surface area (Å²) in [5.41, 5.74) is 2.69. The van der Waals surface area contributed by atoms with Crippen molar-refractivity contribution in [2.45, 2.75) is 17.9 Å². The van der Waals surface area contributed by atoms with Crippen molar-refractivity contribution in [3.63, 3.8) is 0 Å². The summed E-state index contributed by atoms with van der Waals surface area (Å²) in [6, 6.07) is 21.6. The number of carbonyl (C=O) groups excluding carboxylic acids is 2. The highest BCUT2D eigenvalue weighted by Crippen LogP contribution is 2.48. The second kappa shape index (κ2) is 8.37. The van der Waals surface area contributed by atoms with Crippen LogP contribution < -0.4 is 15.0 Å². The maximum absolute atomic E-state index is 13.6. The zero-order valence-electron chi connectivity index (χ0n) is 17.2. The molecule has 0 bridgehead atoms. The Bertz CT molecular complexity index is 1240. The summed E-state index contributed by atoms with van der Waals surface area (Å²) in [5, 5.41) is 4.03. The number of anilines is 2. The number of halogens is 1. The van der Waals surface area contributed by atoms with Crippen LogP contribution >= 0.6 is 23.4 Å². The van der Waals surface area contributed by atoms with Gasteiger partial charge in [-0.3, -0.25) is 9.59 Å². The molecule has 2 heterocycles.